The lowest BCUT2D eigenvalue weighted by Gasteiger charge is -2.17. The molecule has 0 fully saturated rings. The number of guanidine groups is 1. The second-order valence-corrected chi connectivity index (χ2v) is 8.14. The van der Waals surface area contributed by atoms with Crippen LogP contribution in [0.2, 0.25) is 0 Å². The van der Waals surface area contributed by atoms with Crippen LogP contribution in [0.5, 0.6) is 5.75 Å². The standard InChI is InChI=1S/C19H24N4O3S.HI/c1-20-19(22-13-16-11-14-7-4-6-10-18(14)26-16)21-12-15-8-3-5-9-17(15)23-27(2,24)25;/h3-10,16,23H,11-13H2,1-2H3,(H2,20,21,22);1H. The molecular weight excluding hydrogens is 491 g/mol. The van der Waals surface area contributed by atoms with Gasteiger partial charge in [-0.3, -0.25) is 9.71 Å². The summed E-state index contributed by atoms with van der Waals surface area (Å²) in [6.07, 6.45) is 2.05. The molecule has 0 aromatic heterocycles. The predicted octanol–water partition coefficient (Wildman–Crippen LogP) is 2.34. The van der Waals surface area contributed by atoms with Gasteiger partial charge in [-0.2, -0.15) is 0 Å². The van der Waals surface area contributed by atoms with Gasteiger partial charge >= 0.3 is 0 Å². The molecule has 2 aromatic carbocycles. The highest BCUT2D eigenvalue weighted by Gasteiger charge is 2.22. The number of aliphatic imine (C=N–C) groups is 1. The average molecular weight is 516 g/mol. The topological polar surface area (TPSA) is 91.8 Å². The normalized spacial score (nSPS) is 15.8. The molecule has 0 bridgehead atoms. The van der Waals surface area contributed by atoms with Crippen molar-refractivity contribution in [2.75, 3.05) is 24.6 Å². The van der Waals surface area contributed by atoms with Crippen molar-refractivity contribution in [3.63, 3.8) is 0 Å². The molecule has 3 N–H and O–H groups in total. The molecule has 1 atom stereocenters. The van der Waals surface area contributed by atoms with E-state index in [9.17, 15) is 8.42 Å². The zero-order chi connectivity index (χ0) is 19.3. The van der Waals surface area contributed by atoms with Gasteiger partial charge in [0.1, 0.15) is 11.9 Å². The van der Waals surface area contributed by atoms with Crippen LogP contribution in [0.3, 0.4) is 0 Å². The summed E-state index contributed by atoms with van der Waals surface area (Å²) in [7, 11) is -1.64. The number of fused-ring (bicyclic) bond motifs is 1. The number of ether oxygens (including phenoxy) is 1. The van der Waals surface area contributed by atoms with E-state index in [2.05, 4.69) is 26.4 Å². The second-order valence-electron chi connectivity index (χ2n) is 6.39. The minimum absolute atomic E-state index is 0. The van der Waals surface area contributed by atoms with Crippen molar-refractivity contribution in [1.29, 1.82) is 0 Å². The van der Waals surface area contributed by atoms with Crippen LogP contribution in [0.4, 0.5) is 5.69 Å². The average Bonchev–Trinajstić information content (AvgIpc) is 3.04. The fraction of sp³-hybridized carbons (Fsp3) is 0.316. The smallest absolute Gasteiger partial charge is 0.229 e. The summed E-state index contributed by atoms with van der Waals surface area (Å²) in [5, 5.41) is 6.46. The van der Waals surface area contributed by atoms with E-state index < -0.39 is 10.0 Å². The van der Waals surface area contributed by atoms with E-state index >= 15 is 0 Å². The molecule has 0 spiro atoms. The Bertz CT molecular complexity index is 909. The van der Waals surface area contributed by atoms with Gasteiger partial charge in [0, 0.05) is 20.0 Å². The maximum absolute atomic E-state index is 11.5. The lowest BCUT2D eigenvalue weighted by atomic mass is 10.1. The quantitative estimate of drug-likeness (QED) is 0.312. The van der Waals surface area contributed by atoms with Crippen LogP contribution in [-0.4, -0.2) is 40.3 Å². The SMILES string of the molecule is CN=C(NCc1ccccc1NS(C)(=O)=O)NCC1Cc2ccccc2O1.I. The van der Waals surface area contributed by atoms with Crippen LogP contribution in [0.25, 0.3) is 0 Å². The first-order valence-electron chi connectivity index (χ1n) is 8.69. The second kappa shape index (κ2) is 9.97. The summed E-state index contributed by atoms with van der Waals surface area (Å²) in [4.78, 5) is 4.22. The summed E-state index contributed by atoms with van der Waals surface area (Å²) >= 11 is 0. The highest BCUT2D eigenvalue weighted by atomic mass is 127. The summed E-state index contributed by atoms with van der Waals surface area (Å²) in [5.74, 6) is 1.57. The van der Waals surface area contributed by atoms with Gasteiger partial charge in [0.2, 0.25) is 10.0 Å². The van der Waals surface area contributed by atoms with Crippen molar-refractivity contribution in [1.82, 2.24) is 10.6 Å². The lowest BCUT2D eigenvalue weighted by molar-refractivity contribution is 0.235. The maximum atomic E-state index is 11.5. The minimum Gasteiger partial charge on any atom is -0.488 e. The molecule has 1 unspecified atom stereocenters. The van der Waals surface area contributed by atoms with Crippen LogP contribution in [0.15, 0.2) is 53.5 Å². The molecule has 0 saturated heterocycles. The Kier molecular flexibility index (Phi) is 7.93. The van der Waals surface area contributed by atoms with Crippen molar-refractivity contribution >= 4 is 45.6 Å². The highest BCUT2D eigenvalue weighted by Crippen LogP contribution is 2.27. The summed E-state index contributed by atoms with van der Waals surface area (Å²) in [5.41, 5.74) is 2.60. The van der Waals surface area contributed by atoms with Crippen LogP contribution >= 0.6 is 24.0 Å². The number of anilines is 1. The molecule has 0 amide bonds. The van der Waals surface area contributed by atoms with Gasteiger partial charge in [0.05, 0.1) is 18.5 Å². The Morgan fingerprint density at radius 3 is 2.57 bits per heavy atom. The summed E-state index contributed by atoms with van der Waals surface area (Å²) in [6, 6.07) is 15.3. The Balaban J connectivity index is 0.00000280. The fourth-order valence-corrected chi connectivity index (χ4v) is 3.55. The molecule has 0 saturated carbocycles. The van der Waals surface area contributed by atoms with E-state index in [-0.39, 0.29) is 30.1 Å². The number of benzene rings is 2. The van der Waals surface area contributed by atoms with E-state index in [1.807, 2.05) is 30.3 Å². The first-order valence-corrected chi connectivity index (χ1v) is 10.6. The number of nitrogens with one attached hydrogen (secondary N) is 3. The van der Waals surface area contributed by atoms with Crippen LogP contribution < -0.4 is 20.1 Å². The zero-order valence-corrected chi connectivity index (χ0v) is 19.0. The number of hydrogen-bond donors (Lipinski definition) is 3. The van der Waals surface area contributed by atoms with Crippen LogP contribution in [-0.2, 0) is 23.0 Å². The fourth-order valence-electron chi connectivity index (χ4n) is 2.95. The number of para-hydroxylation sites is 2. The zero-order valence-electron chi connectivity index (χ0n) is 15.8. The van der Waals surface area contributed by atoms with Gasteiger partial charge in [-0.05, 0) is 23.3 Å². The molecule has 9 heteroatoms. The number of rotatable bonds is 6. The maximum Gasteiger partial charge on any atom is 0.229 e. The molecule has 28 heavy (non-hydrogen) atoms. The van der Waals surface area contributed by atoms with Crippen LogP contribution in [0, 0.1) is 0 Å². The molecular formula is C19H25IN4O3S. The van der Waals surface area contributed by atoms with Crippen molar-refractivity contribution < 1.29 is 13.2 Å². The number of hydrogen-bond acceptors (Lipinski definition) is 4. The number of nitrogens with zero attached hydrogens (tertiary/aromatic N) is 1. The molecule has 1 heterocycles. The number of sulfonamides is 1. The van der Waals surface area contributed by atoms with Gasteiger partial charge in [-0.25, -0.2) is 8.42 Å². The van der Waals surface area contributed by atoms with E-state index in [1.54, 1.807) is 19.2 Å². The number of halogens is 1. The van der Waals surface area contributed by atoms with E-state index in [1.165, 1.54) is 5.56 Å². The third-order valence-electron chi connectivity index (χ3n) is 4.19. The Hall–Kier alpha value is -2.01. The lowest BCUT2D eigenvalue weighted by Crippen LogP contribution is -2.42. The minimum atomic E-state index is -3.33. The van der Waals surface area contributed by atoms with Gasteiger partial charge in [-0.15, -0.1) is 24.0 Å². The third-order valence-corrected chi connectivity index (χ3v) is 4.78. The Morgan fingerprint density at radius 1 is 1.14 bits per heavy atom. The summed E-state index contributed by atoms with van der Waals surface area (Å²) < 4.78 is 31.5. The summed E-state index contributed by atoms with van der Waals surface area (Å²) in [6.45, 7) is 1.06. The van der Waals surface area contributed by atoms with Gasteiger partial charge in [-0.1, -0.05) is 36.4 Å². The molecule has 7 nitrogen and oxygen atoms in total. The molecule has 1 aliphatic heterocycles. The largest absolute Gasteiger partial charge is 0.488 e. The Labute approximate surface area is 183 Å². The molecule has 0 radical (unpaired) electrons. The van der Waals surface area contributed by atoms with Crippen molar-refractivity contribution in [2.24, 2.45) is 4.99 Å². The van der Waals surface area contributed by atoms with E-state index in [0.29, 0.717) is 24.7 Å². The van der Waals surface area contributed by atoms with E-state index in [0.717, 1.165) is 24.0 Å². The molecule has 2 aromatic rings. The first kappa shape index (κ1) is 22.3. The molecule has 152 valence electrons. The third kappa shape index (κ3) is 6.26. The van der Waals surface area contributed by atoms with Gasteiger partial charge in [0.25, 0.3) is 0 Å². The first-order chi connectivity index (χ1) is 12.9. The predicted molar refractivity (Wildman–Crippen MR) is 123 cm³/mol. The van der Waals surface area contributed by atoms with Crippen molar-refractivity contribution in [3.05, 3.63) is 59.7 Å². The van der Waals surface area contributed by atoms with Gasteiger partial charge < -0.3 is 15.4 Å². The Morgan fingerprint density at radius 2 is 1.86 bits per heavy atom. The molecule has 1 aliphatic rings. The van der Waals surface area contributed by atoms with Crippen molar-refractivity contribution in [2.45, 2.75) is 19.1 Å². The van der Waals surface area contributed by atoms with Gasteiger partial charge in [0.15, 0.2) is 5.96 Å². The highest BCUT2D eigenvalue weighted by molar-refractivity contribution is 14.0. The molecule has 3 rings (SSSR count). The molecule has 0 aliphatic carbocycles. The monoisotopic (exact) mass is 516 g/mol. The van der Waals surface area contributed by atoms with Crippen molar-refractivity contribution in [3.8, 4) is 5.75 Å². The van der Waals surface area contributed by atoms with Crippen LogP contribution in [0.1, 0.15) is 11.1 Å². The van der Waals surface area contributed by atoms with E-state index in [4.69, 9.17) is 4.74 Å².